The Morgan fingerprint density at radius 2 is 2.29 bits per heavy atom. The Morgan fingerprint density at radius 1 is 1.86 bits per heavy atom. The summed E-state index contributed by atoms with van der Waals surface area (Å²) in [4.78, 5) is 9.84. The maximum absolute atomic E-state index is 9.84. The Kier molecular flexibility index (Phi) is 7.00. The van der Waals surface area contributed by atoms with Crippen molar-refractivity contribution in [3.05, 3.63) is 12.7 Å². The molecule has 0 unspecified atom stereocenters. The molecule has 0 aromatic carbocycles. The van der Waals surface area contributed by atoms with Gasteiger partial charge in [-0.25, -0.2) is 4.79 Å². The number of rotatable bonds is 1. The van der Waals surface area contributed by atoms with E-state index < -0.39 is 5.97 Å². The minimum atomic E-state index is -0.394. The van der Waals surface area contributed by atoms with Crippen LogP contribution < -0.4 is 6.15 Å². The standard InChI is InChI=1S/C4H6O2.N/c1-3-4(5)6-2;/h3H,1H2,2H3;. The molecule has 3 radical (unpaired) electrons. The van der Waals surface area contributed by atoms with Gasteiger partial charge in [-0.05, 0) is 0 Å². The quantitative estimate of drug-likeness (QED) is 0.340. The van der Waals surface area contributed by atoms with E-state index in [4.69, 9.17) is 0 Å². The van der Waals surface area contributed by atoms with E-state index in [0.717, 1.165) is 6.08 Å². The summed E-state index contributed by atoms with van der Waals surface area (Å²) in [6.45, 7) is 3.16. The molecule has 0 aromatic heterocycles. The van der Waals surface area contributed by atoms with E-state index >= 15 is 0 Å². The van der Waals surface area contributed by atoms with Crippen LogP contribution in [-0.4, -0.2) is 13.1 Å². The highest BCUT2D eigenvalue weighted by Gasteiger charge is 1.81. The Hall–Kier alpha value is -0.830. The highest BCUT2D eigenvalue weighted by Crippen LogP contribution is 1.67. The van der Waals surface area contributed by atoms with Gasteiger partial charge in [-0.15, -0.1) is 0 Å². The lowest BCUT2D eigenvalue weighted by atomic mass is 10.7. The van der Waals surface area contributed by atoms with Gasteiger partial charge in [-0.3, -0.25) is 0 Å². The smallest absolute Gasteiger partial charge is 0.329 e. The summed E-state index contributed by atoms with van der Waals surface area (Å²) < 4.78 is 4.14. The number of ether oxygens (including phenoxy) is 1. The average molecular weight is 100 g/mol. The van der Waals surface area contributed by atoms with Crippen molar-refractivity contribution in [2.45, 2.75) is 0 Å². The van der Waals surface area contributed by atoms with Gasteiger partial charge in [0.15, 0.2) is 0 Å². The van der Waals surface area contributed by atoms with Crippen molar-refractivity contribution in [1.82, 2.24) is 6.15 Å². The van der Waals surface area contributed by atoms with Crippen LogP contribution in [0.15, 0.2) is 12.7 Å². The van der Waals surface area contributed by atoms with Gasteiger partial charge in [-0.1, -0.05) is 6.58 Å². The summed E-state index contributed by atoms with van der Waals surface area (Å²) in [5.41, 5.74) is 0. The first-order chi connectivity index (χ1) is 2.81. The topological polar surface area (TPSA) is 56.8 Å². The fourth-order valence-corrected chi connectivity index (χ4v) is 0.0833. The largest absolute Gasteiger partial charge is 0.466 e. The molecule has 3 heteroatoms. The van der Waals surface area contributed by atoms with Crippen LogP contribution in [0.5, 0.6) is 0 Å². The number of hydrogen-bond donors (Lipinski definition) is 0. The Balaban J connectivity index is 0. The Bertz CT molecular complexity index is 70.1. The summed E-state index contributed by atoms with van der Waals surface area (Å²) in [6.07, 6.45) is 1.11. The van der Waals surface area contributed by atoms with Crippen LogP contribution in [0.25, 0.3) is 0 Å². The summed E-state index contributed by atoms with van der Waals surface area (Å²) in [7, 11) is 1.31. The predicted octanol–water partition coefficient (Wildman–Crippen LogP) is -0.135. The second kappa shape index (κ2) is 5.17. The number of esters is 1. The second-order valence-electron chi connectivity index (χ2n) is 0.727. The molecule has 0 aromatic rings. The van der Waals surface area contributed by atoms with E-state index in [0.29, 0.717) is 0 Å². The van der Waals surface area contributed by atoms with Crippen LogP contribution >= 0.6 is 0 Å². The van der Waals surface area contributed by atoms with Crippen LogP contribution in [-0.2, 0) is 9.53 Å². The number of hydrogen-bond acceptors (Lipinski definition) is 2. The molecule has 0 atom stereocenters. The minimum absolute atomic E-state index is 0. The molecule has 0 heterocycles. The summed E-state index contributed by atoms with van der Waals surface area (Å²) in [5.74, 6) is -0.394. The molecule has 3 nitrogen and oxygen atoms in total. The van der Waals surface area contributed by atoms with E-state index in [1.54, 1.807) is 0 Å². The van der Waals surface area contributed by atoms with E-state index in [1.807, 2.05) is 0 Å². The number of carbonyl (C=O) groups excluding carboxylic acids is 1. The first kappa shape index (κ1) is 9.48. The zero-order valence-corrected chi connectivity index (χ0v) is 4.05. The van der Waals surface area contributed by atoms with Gasteiger partial charge in [0.05, 0.1) is 7.11 Å². The van der Waals surface area contributed by atoms with Crippen LogP contribution in [0.2, 0.25) is 0 Å². The molecule has 0 bridgehead atoms. The van der Waals surface area contributed by atoms with Crippen LogP contribution in [0, 0.1) is 0 Å². The first-order valence-corrected chi connectivity index (χ1v) is 1.51. The lowest BCUT2D eigenvalue weighted by Crippen LogP contribution is -1.91. The first-order valence-electron chi connectivity index (χ1n) is 1.51. The molecule has 0 saturated carbocycles. The van der Waals surface area contributed by atoms with Crippen molar-refractivity contribution in [3.63, 3.8) is 0 Å². The Morgan fingerprint density at radius 3 is 2.29 bits per heavy atom. The molecule has 39 valence electrons. The zero-order valence-electron chi connectivity index (χ0n) is 4.05. The monoisotopic (exact) mass is 100 g/mol. The molecular weight excluding hydrogens is 94.0 g/mol. The highest BCUT2D eigenvalue weighted by molar-refractivity contribution is 5.80. The van der Waals surface area contributed by atoms with Crippen molar-refractivity contribution < 1.29 is 9.53 Å². The van der Waals surface area contributed by atoms with Gasteiger partial charge in [-0.2, -0.15) is 0 Å². The molecule has 0 fully saturated rings. The molecule has 0 N–H and O–H groups in total. The third kappa shape index (κ3) is 5.17. The van der Waals surface area contributed by atoms with E-state index in [2.05, 4.69) is 11.3 Å². The highest BCUT2D eigenvalue weighted by atomic mass is 16.5. The van der Waals surface area contributed by atoms with Crippen molar-refractivity contribution >= 4 is 5.97 Å². The molecule has 0 spiro atoms. The SMILES string of the molecule is C=CC(=O)OC.[N]. The van der Waals surface area contributed by atoms with Crippen molar-refractivity contribution in [3.8, 4) is 0 Å². The van der Waals surface area contributed by atoms with Gasteiger partial charge in [0.2, 0.25) is 0 Å². The Labute approximate surface area is 42.6 Å². The van der Waals surface area contributed by atoms with Crippen LogP contribution in [0.1, 0.15) is 0 Å². The van der Waals surface area contributed by atoms with Gasteiger partial charge in [0.25, 0.3) is 0 Å². The number of nitrogens with zero attached hydrogens (tertiary/aromatic N) is 1. The molecule has 0 aliphatic heterocycles. The minimum Gasteiger partial charge on any atom is -0.466 e. The molecule has 0 rings (SSSR count). The van der Waals surface area contributed by atoms with Crippen LogP contribution in [0.3, 0.4) is 0 Å². The summed E-state index contributed by atoms with van der Waals surface area (Å²) in [6, 6.07) is 0. The van der Waals surface area contributed by atoms with Crippen molar-refractivity contribution in [2.75, 3.05) is 7.11 Å². The molecular formula is C4H6NO2. The fraction of sp³-hybridized carbons (Fsp3) is 0.250. The van der Waals surface area contributed by atoms with Gasteiger partial charge in [0, 0.05) is 12.2 Å². The lowest BCUT2D eigenvalue weighted by Gasteiger charge is -1.83. The van der Waals surface area contributed by atoms with E-state index in [-0.39, 0.29) is 6.15 Å². The third-order valence-corrected chi connectivity index (χ3v) is 0.368. The van der Waals surface area contributed by atoms with Crippen molar-refractivity contribution in [1.29, 1.82) is 0 Å². The number of carbonyl (C=O) groups is 1. The fourth-order valence-electron chi connectivity index (χ4n) is 0.0833. The lowest BCUT2D eigenvalue weighted by molar-refractivity contribution is -0.134. The normalized spacial score (nSPS) is 5.86. The van der Waals surface area contributed by atoms with Crippen LogP contribution in [0.4, 0.5) is 0 Å². The molecule has 7 heavy (non-hydrogen) atoms. The predicted molar refractivity (Wildman–Crippen MR) is 24.3 cm³/mol. The van der Waals surface area contributed by atoms with Gasteiger partial charge in [0.1, 0.15) is 0 Å². The van der Waals surface area contributed by atoms with Gasteiger partial charge >= 0.3 is 5.97 Å². The third-order valence-electron chi connectivity index (χ3n) is 0.368. The molecule has 0 saturated heterocycles. The summed E-state index contributed by atoms with van der Waals surface area (Å²) >= 11 is 0. The number of methoxy groups -OCH3 is 1. The molecule has 0 aliphatic carbocycles. The van der Waals surface area contributed by atoms with E-state index in [9.17, 15) is 4.79 Å². The van der Waals surface area contributed by atoms with Gasteiger partial charge < -0.3 is 4.74 Å². The molecule has 0 amide bonds. The van der Waals surface area contributed by atoms with Crippen molar-refractivity contribution in [2.24, 2.45) is 0 Å². The average Bonchev–Trinajstić information content (AvgIpc) is 1.65. The summed E-state index contributed by atoms with van der Waals surface area (Å²) in [5, 5.41) is 0. The zero-order chi connectivity index (χ0) is 4.99. The maximum Gasteiger partial charge on any atom is 0.329 e. The maximum atomic E-state index is 9.84. The second-order valence-corrected chi connectivity index (χ2v) is 0.727. The van der Waals surface area contributed by atoms with E-state index in [1.165, 1.54) is 7.11 Å². The molecule has 0 aliphatic rings.